The monoisotopic (exact) mass is 438 g/mol. The summed E-state index contributed by atoms with van der Waals surface area (Å²) < 4.78 is 7.53. The lowest BCUT2D eigenvalue weighted by atomic mass is 10.2. The van der Waals surface area contributed by atoms with Gasteiger partial charge in [0.15, 0.2) is 0 Å². The maximum Gasteiger partial charge on any atom is 0.242 e. The van der Waals surface area contributed by atoms with Crippen LogP contribution in [0.4, 0.5) is 0 Å². The van der Waals surface area contributed by atoms with Gasteiger partial charge in [-0.1, -0.05) is 120 Å². The lowest BCUT2D eigenvalue weighted by molar-refractivity contribution is 0.587. The minimum absolute atomic E-state index is 1.27. The predicted molar refractivity (Wildman–Crippen MR) is 138 cm³/mol. The molecule has 2 atom stereocenters. The standard InChI is InChI=1S/C28H30OSi2/c1-23-15-19-27(20-16-23)30(3,25-11-7-5-8-12-25)29-31(4,26-13-9-6-10-14-26)28-21-17-24(2)18-22-28/h5-22H,1-4H3. The van der Waals surface area contributed by atoms with Crippen molar-refractivity contribution in [3.63, 3.8) is 0 Å². The molecule has 0 aromatic heterocycles. The lowest BCUT2D eigenvalue weighted by Crippen LogP contribution is -2.70. The second-order valence-corrected chi connectivity index (χ2v) is 15.9. The second-order valence-electron chi connectivity index (χ2n) is 8.63. The number of benzene rings is 4. The van der Waals surface area contributed by atoms with Crippen molar-refractivity contribution in [3.05, 3.63) is 120 Å². The van der Waals surface area contributed by atoms with Crippen molar-refractivity contribution in [3.8, 4) is 0 Å². The van der Waals surface area contributed by atoms with Crippen LogP contribution in [0.1, 0.15) is 11.1 Å². The first-order valence-electron chi connectivity index (χ1n) is 10.9. The third-order valence-electron chi connectivity index (χ3n) is 6.26. The average Bonchev–Trinajstić information content (AvgIpc) is 2.81. The summed E-state index contributed by atoms with van der Waals surface area (Å²) in [6.07, 6.45) is 0. The molecule has 0 saturated heterocycles. The van der Waals surface area contributed by atoms with E-state index in [1.54, 1.807) is 0 Å². The summed E-state index contributed by atoms with van der Waals surface area (Å²) in [5.74, 6) is 0. The van der Waals surface area contributed by atoms with Gasteiger partial charge in [0, 0.05) is 0 Å². The normalized spacial score (nSPS) is 15.1. The Morgan fingerprint density at radius 3 is 1.03 bits per heavy atom. The molecule has 4 rings (SSSR count). The fourth-order valence-electron chi connectivity index (χ4n) is 4.23. The van der Waals surface area contributed by atoms with E-state index in [0.717, 1.165) is 0 Å². The van der Waals surface area contributed by atoms with Crippen molar-refractivity contribution in [1.29, 1.82) is 0 Å². The molecule has 0 N–H and O–H groups in total. The average molecular weight is 439 g/mol. The summed E-state index contributed by atoms with van der Waals surface area (Å²) in [6, 6.07) is 39.5. The van der Waals surface area contributed by atoms with Gasteiger partial charge >= 0.3 is 0 Å². The maximum absolute atomic E-state index is 7.53. The van der Waals surface area contributed by atoms with E-state index in [1.807, 2.05) is 0 Å². The molecule has 0 radical (unpaired) electrons. The van der Waals surface area contributed by atoms with Crippen LogP contribution in [0.15, 0.2) is 109 Å². The molecule has 0 heterocycles. The van der Waals surface area contributed by atoms with E-state index in [2.05, 4.69) is 136 Å². The molecule has 0 bridgehead atoms. The Morgan fingerprint density at radius 1 is 0.419 bits per heavy atom. The number of hydrogen-bond acceptors (Lipinski definition) is 1. The van der Waals surface area contributed by atoms with Crippen LogP contribution in [0.2, 0.25) is 13.1 Å². The third-order valence-corrected chi connectivity index (χ3v) is 15.3. The highest BCUT2D eigenvalue weighted by atomic mass is 28.4. The van der Waals surface area contributed by atoms with E-state index >= 15 is 0 Å². The third kappa shape index (κ3) is 4.35. The first-order valence-corrected chi connectivity index (χ1v) is 15.7. The summed E-state index contributed by atoms with van der Waals surface area (Å²) in [6.45, 7) is 8.99. The Balaban J connectivity index is 1.91. The summed E-state index contributed by atoms with van der Waals surface area (Å²) >= 11 is 0. The summed E-state index contributed by atoms with van der Waals surface area (Å²) in [5, 5.41) is 5.23. The number of aryl methyl sites for hydroxylation is 2. The number of hydrogen-bond donors (Lipinski definition) is 0. The Kier molecular flexibility index (Phi) is 6.10. The second kappa shape index (κ2) is 8.79. The molecule has 3 heteroatoms. The molecule has 156 valence electrons. The van der Waals surface area contributed by atoms with E-state index in [9.17, 15) is 0 Å². The molecule has 0 amide bonds. The van der Waals surface area contributed by atoms with Crippen LogP contribution in [0.5, 0.6) is 0 Å². The van der Waals surface area contributed by atoms with E-state index < -0.39 is 16.6 Å². The van der Waals surface area contributed by atoms with E-state index in [0.29, 0.717) is 0 Å². The van der Waals surface area contributed by atoms with E-state index in [1.165, 1.54) is 31.9 Å². The molecule has 31 heavy (non-hydrogen) atoms. The minimum Gasteiger partial charge on any atom is -0.442 e. The maximum atomic E-state index is 7.53. The van der Waals surface area contributed by atoms with Crippen LogP contribution in [-0.4, -0.2) is 16.6 Å². The molecule has 0 saturated carbocycles. The lowest BCUT2D eigenvalue weighted by Gasteiger charge is -2.39. The Labute approximate surface area is 188 Å². The van der Waals surface area contributed by atoms with Gasteiger partial charge in [0.2, 0.25) is 16.6 Å². The summed E-state index contributed by atoms with van der Waals surface area (Å²) in [7, 11) is -4.95. The van der Waals surface area contributed by atoms with Crippen LogP contribution in [0, 0.1) is 13.8 Å². The molecule has 0 aliphatic rings. The van der Waals surface area contributed by atoms with Crippen molar-refractivity contribution < 1.29 is 4.12 Å². The van der Waals surface area contributed by atoms with Gasteiger partial charge in [0.25, 0.3) is 0 Å². The van der Waals surface area contributed by atoms with Gasteiger partial charge in [-0.05, 0) is 47.7 Å². The van der Waals surface area contributed by atoms with Crippen LogP contribution in [0.3, 0.4) is 0 Å². The zero-order valence-corrected chi connectivity index (χ0v) is 20.8. The van der Waals surface area contributed by atoms with Crippen LogP contribution in [-0.2, 0) is 4.12 Å². The zero-order chi connectivity index (χ0) is 21.9. The Hall–Kier alpha value is -2.73. The molecule has 0 spiro atoms. The SMILES string of the molecule is Cc1ccc([Si](C)(O[Si](C)(c2ccccc2)c2ccc(C)cc2)c2ccccc2)cc1. The topological polar surface area (TPSA) is 9.23 Å². The quantitative estimate of drug-likeness (QED) is 0.406. The van der Waals surface area contributed by atoms with Crippen molar-refractivity contribution >= 4 is 37.4 Å². The summed E-state index contributed by atoms with van der Waals surface area (Å²) in [4.78, 5) is 0. The van der Waals surface area contributed by atoms with Gasteiger partial charge in [0.05, 0.1) is 0 Å². The summed E-state index contributed by atoms with van der Waals surface area (Å²) in [5.41, 5.74) is 2.55. The van der Waals surface area contributed by atoms with Gasteiger partial charge in [-0.3, -0.25) is 0 Å². The fourth-order valence-corrected chi connectivity index (χ4v) is 13.3. The van der Waals surface area contributed by atoms with Gasteiger partial charge in [-0.2, -0.15) is 0 Å². The van der Waals surface area contributed by atoms with Crippen LogP contribution >= 0.6 is 0 Å². The van der Waals surface area contributed by atoms with Crippen molar-refractivity contribution in [2.45, 2.75) is 26.9 Å². The van der Waals surface area contributed by atoms with Gasteiger partial charge < -0.3 is 4.12 Å². The minimum atomic E-state index is -2.48. The Morgan fingerprint density at radius 2 is 0.710 bits per heavy atom. The molecule has 0 fully saturated rings. The molecule has 2 unspecified atom stereocenters. The predicted octanol–water partition coefficient (Wildman–Crippen LogP) is 4.40. The van der Waals surface area contributed by atoms with Gasteiger partial charge in [-0.25, -0.2) is 0 Å². The van der Waals surface area contributed by atoms with E-state index in [4.69, 9.17) is 4.12 Å². The largest absolute Gasteiger partial charge is 0.442 e. The highest BCUT2D eigenvalue weighted by Gasteiger charge is 2.44. The van der Waals surface area contributed by atoms with Crippen molar-refractivity contribution in [2.75, 3.05) is 0 Å². The highest BCUT2D eigenvalue weighted by molar-refractivity contribution is 7.08. The van der Waals surface area contributed by atoms with Crippen molar-refractivity contribution in [1.82, 2.24) is 0 Å². The van der Waals surface area contributed by atoms with Crippen LogP contribution in [0.25, 0.3) is 0 Å². The van der Waals surface area contributed by atoms with Crippen LogP contribution < -0.4 is 20.7 Å². The zero-order valence-electron chi connectivity index (χ0n) is 18.8. The van der Waals surface area contributed by atoms with Gasteiger partial charge in [-0.15, -0.1) is 0 Å². The van der Waals surface area contributed by atoms with E-state index in [-0.39, 0.29) is 0 Å². The van der Waals surface area contributed by atoms with Crippen molar-refractivity contribution in [2.24, 2.45) is 0 Å². The van der Waals surface area contributed by atoms with Gasteiger partial charge in [0.1, 0.15) is 0 Å². The molecule has 4 aromatic rings. The molecular formula is C28H30OSi2. The Bertz CT molecular complexity index is 1030. The molecule has 0 aliphatic carbocycles. The molecule has 0 aliphatic heterocycles. The highest BCUT2D eigenvalue weighted by Crippen LogP contribution is 2.17. The molecular weight excluding hydrogens is 408 g/mol. The first kappa shape index (κ1) is 21.5. The molecule has 1 nitrogen and oxygen atoms in total. The molecule has 4 aromatic carbocycles. The smallest absolute Gasteiger partial charge is 0.242 e. The number of rotatable bonds is 6. The first-order chi connectivity index (χ1) is 14.9. The fraction of sp³-hybridized carbons (Fsp3) is 0.143.